The number of nitrogens with one attached hydrogen (secondary N) is 2. The Labute approximate surface area is 183 Å². The van der Waals surface area contributed by atoms with Crippen molar-refractivity contribution < 1.29 is 33.9 Å². The first-order valence-corrected chi connectivity index (χ1v) is 11.0. The Kier molecular flexibility index (Phi) is 5.82. The number of amides is 3. The average Bonchev–Trinajstić information content (AvgIpc) is 3.48. The highest BCUT2D eigenvalue weighted by atomic mass is 32.2. The molecule has 2 fully saturated rings. The molecular formula is C17H17N5O7S2. The third-order valence-corrected chi connectivity index (χ3v) is 6.66. The maximum absolute atomic E-state index is 12.9. The number of hydrogen-bond acceptors (Lipinski definition) is 10. The van der Waals surface area contributed by atoms with Crippen LogP contribution in [0.2, 0.25) is 0 Å². The Morgan fingerprint density at radius 3 is 2.84 bits per heavy atom. The summed E-state index contributed by atoms with van der Waals surface area (Å²) in [5.41, 5.74) is -0.183. The van der Waals surface area contributed by atoms with E-state index in [0.717, 1.165) is 29.1 Å². The summed E-state index contributed by atoms with van der Waals surface area (Å²) < 4.78 is 5.08. The zero-order valence-corrected chi connectivity index (χ0v) is 17.7. The van der Waals surface area contributed by atoms with Crippen molar-refractivity contribution >= 4 is 58.1 Å². The van der Waals surface area contributed by atoms with Crippen molar-refractivity contribution in [3.8, 4) is 0 Å². The van der Waals surface area contributed by atoms with Crippen molar-refractivity contribution in [1.82, 2.24) is 15.2 Å². The van der Waals surface area contributed by atoms with E-state index in [4.69, 9.17) is 9.57 Å². The molecule has 3 aliphatic rings. The fraction of sp³-hybridized carbons (Fsp3) is 0.412. The first kappa shape index (κ1) is 21.1. The van der Waals surface area contributed by atoms with Crippen molar-refractivity contribution in [2.24, 2.45) is 5.16 Å². The van der Waals surface area contributed by atoms with Gasteiger partial charge in [0.05, 0.1) is 12.9 Å². The average molecular weight is 467 g/mol. The fourth-order valence-electron chi connectivity index (χ4n) is 2.96. The molecule has 3 amide bonds. The van der Waals surface area contributed by atoms with Gasteiger partial charge in [-0.3, -0.25) is 19.3 Å². The molecule has 1 saturated heterocycles. The first-order valence-electron chi connectivity index (χ1n) is 9.10. The molecule has 2 aliphatic heterocycles. The van der Waals surface area contributed by atoms with E-state index in [1.54, 1.807) is 0 Å². The number of nitrogens with zero attached hydrogens (tertiary/aromatic N) is 3. The second-order valence-electron chi connectivity index (χ2n) is 6.69. The Morgan fingerprint density at radius 2 is 2.19 bits per heavy atom. The van der Waals surface area contributed by atoms with Crippen LogP contribution in [0, 0.1) is 0 Å². The van der Waals surface area contributed by atoms with Crippen molar-refractivity contribution in [2.45, 2.75) is 30.4 Å². The molecule has 0 radical (unpaired) electrons. The van der Waals surface area contributed by atoms with Crippen molar-refractivity contribution in [1.29, 1.82) is 0 Å². The van der Waals surface area contributed by atoms with Crippen LogP contribution in [-0.4, -0.2) is 75.3 Å². The van der Waals surface area contributed by atoms with E-state index in [0.29, 0.717) is 6.41 Å². The Morgan fingerprint density at radius 1 is 1.42 bits per heavy atom. The molecule has 164 valence electrons. The lowest BCUT2D eigenvalue weighted by Crippen LogP contribution is -2.71. The van der Waals surface area contributed by atoms with Gasteiger partial charge in [0.1, 0.15) is 29.0 Å². The van der Waals surface area contributed by atoms with E-state index in [9.17, 15) is 24.3 Å². The standard InChI is InChI=1S/C17H17N5O7S2/c1-28-9-5-30-15-11(14(25)22(15)12(9)16(26)27)20-13(24)10(21-29-7-2-3-7)8-4-31-17(19-8)18-6-23/h4,6-7,11,15H,2-3,5H2,1H3,(H,20,24)(H,26,27)(H,18,19,23)/t11-,15-/m1/s1. The molecule has 0 spiro atoms. The summed E-state index contributed by atoms with van der Waals surface area (Å²) in [6.07, 6.45) is 2.05. The number of carbonyl (C=O) groups is 4. The summed E-state index contributed by atoms with van der Waals surface area (Å²) in [7, 11) is 1.34. The van der Waals surface area contributed by atoms with Gasteiger partial charge < -0.3 is 25.3 Å². The second kappa shape index (κ2) is 8.55. The zero-order chi connectivity index (χ0) is 22.1. The predicted molar refractivity (Wildman–Crippen MR) is 109 cm³/mol. The van der Waals surface area contributed by atoms with E-state index in [1.165, 1.54) is 24.3 Å². The number of rotatable bonds is 9. The van der Waals surface area contributed by atoms with Crippen LogP contribution in [0.3, 0.4) is 0 Å². The molecule has 1 saturated carbocycles. The number of β-lactam (4-membered cyclic amide) rings is 1. The number of ether oxygens (including phenoxy) is 1. The molecule has 31 heavy (non-hydrogen) atoms. The molecule has 3 N–H and O–H groups in total. The molecule has 14 heteroatoms. The molecule has 1 aromatic rings. The van der Waals surface area contributed by atoms with Gasteiger partial charge in [0.25, 0.3) is 11.8 Å². The Balaban J connectivity index is 1.52. The van der Waals surface area contributed by atoms with Gasteiger partial charge in [0.2, 0.25) is 6.41 Å². The minimum Gasteiger partial charge on any atom is -0.498 e. The third-order valence-electron chi connectivity index (χ3n) is 4.63. The first-order chi connectivity index (χ1) is 14.9. The van der Waals surface area contributed by atoms with Crippen LogP contribution >= 0.6 is 23.1 Å². The fourth-order valence-corrected chi connectivity index (χ4v) is 4.93. The van der Waals surface area contributed by atoms with Gasteiger partial charge in [-0.25, -0.2) is 9.78 Å². The summed E-state index contributed by atoms with van der Waals surface area (Å²) in [4.78, 5) is 58.3. The summed E-state index contributed by atoms with van der Waals surface area (Å²) >= 11 is 2.38. The van der Waals surface area contributed by atoms with Crippen LogP contribution in [0.25, 0.3) is 0 Å². The maximum atomic E-state index is 12.9. The third kappa shape index (κ3) is 4.07. The van der Waals surface area contributed by atoms with Crippen LogP contribution in [0.5, 0.6) is 0 Å². The van der Waals surface area contributed by atoms with E-state index in [1.807, 2.05) is 0 Å². The number of oxime groups is 1. The van der Waals surface area contributed by atoms with E-state index < -0.39 is 29.2 Å². The van der Waals surface area contributed by atoms with Crippen LogP contribution < -0.4 is 10.6 Å². The number of carboxylic acid groups (broad SMARTS) is 1. The monoisotopic (exact) mass is 467 g/mol. The van der Waals surface area contributed by atoms with Gasteiger partial charge in [-0.1, -0.05) is 5.16 Å². The second-order valence-corrected chi connectivity index (χ2v) is 8.65. The number of carbonyl (C=O) groups excluding carboxylic acids is 3. The molecule has 12 nitrogen and oxygen atoms in total. The molecule has 0 aromatic carbocycles. The van der Waals surface area contributed by atoms with Gasteiger partial charge >= 0.3 is 5.97 Å². The van der Waals surface area contributed by atoms with Crippen molar-refractivity contribution in [3.05, 3.63) is 22.5 Å². The zero-order valence-electron chi connectivity index (χ0n) is 16.1. The van der Waals surface area contributed by atoms with Crippen molar-refractivity contribution in [3.63, 3.8) is 0 Å². The minimum atomic E-state index is -1.28. The van der Waals surface area contributed by atoms with Crippen LogP contribution in [0.15, 0.2) is 22.0 Å². The highest BCUT2D eigenvalue weighted by Gasteiger charge is 2.55. The number of anilines is 1. The van der Waals surface area contributed by atoms with Crippen LogP contribution in [0.1, 0.15) is 18.5 Å². The number of aromatic nitrogens is 1. The summed E-state index contributed by atoms with van der Waals surface area (Å²) in [5, 5.41) is 19.6. The summed E-state index contributed by atoms with van der Waals surface area (Å²) in [6.45, 7) is 0. The van der Waals surface area contributed by atoms with Gasteiger partial charge in [-0.2, -0.15) is 0 Å². The van der Waals surface area contributed by atoms with Gasteiger partial charge in [-0.15, -0.1) is 23.1 Å². The lowest BCUT2D eigenvalue weighted by molar-refractivity contribution is -0.150. The molecule has 4 rings (SSSR count). The van der Waals surface area contributed by atoms with Gasteiger partial charge in [-0.05, 0) is 12.8 Å². The number of thioether (sulfide) groups is 1. The molecule has 1 aliphatic carbocycles. The molecule has 3 heterocycles. The van der Waals surface area contributed by atoms with Crippen LogP contribution in [0.4, 0.5) is 5.13 Å². The molecule has 2 atom stereocenters. The van der Waals surface area contributed by atoms with E-state index in [-0.39, 0.29) is 39.9 Å². The molecule has 1 aromatic heterocycles. The highest BCUT2D eigenvalue weighted by molar-refractivity contribution is 8.00. The SMILES string of the molecule is COC1=C(C(=O)O)N2C(=O)[C@@H](NC(=O)C(=NOC3CC3)c3csc(NC=O)n3)[C@H]2SC1. The highest BCUT2D eigenvalue weighted by Crippen LogP contribution is 2.40. The Hall–Kier alpha value is -3.13. The lowest BCUT2D eigenvalue weighted by Gasteiger charge is -2.48. The van der Waals surface area contributed by atoms with Crippen molar-refractivity contribution in [2.75, 3.05) is 18.2 Å². The summed E-state index contributed by atoms with van der Waals surface area (Å²) in [5.74, 6) is -2.11. The van der Waals surface area contributed by atoms with E-state index >= 15 is 0 Å². The van der Waals surface area contributed by atoms with Crippen LogP contribution in [-0.2, 0) is 28.8 Å². The molecule has 0 bridgehead atoms. The normalized spacial score (nSPS) is 22.9. The topological polar surface area (TPSA) is 160 Å². The quantitative estimate of drug-likeness (QED) is 0.196. The smallest absolute Gasteiger partial charge is 0.356 e. The molecule has 0 unspecified atom stereocenters. The largest absolute Gasteiger partial charge is 0.498 e. The van der Waals surface area contributed by atoms with E-state index in [2.05, 4.69) is 20.8 Å². The number of thiazole rings is 1. The van der Waals surface area contributed by atoms with Gasteiger partial charge in [0.15, 0.2) is 16.5 Å². The predicted octanol–water partition coefficient (Wildman–Crippen LogP) is -0.0630. The molecular weight excluding hydrogens is 450 g/mol. The number of aliphatic carboxylic acids is 1. The maximum Gasteiger partial charge on any atom is 0.356 e. The number of hydrogen-bond donors (Lipinski definition) is 3. The Bertz CT molecular complexity index is 1000. The summed E-state index contributed by atoms with van der Waals surface area (Å²) in [6, 6.07) is -0.942. The number of fused-ring (bicyclic) bond motifs is 1. The lowest BCUT2D eigenvalue weighted by atomic mass is 10.0. The van der Waals surface area contributed by atoms with Gasteiger partial charge in [0, 0.05) is 5.38 Å². The number of carboxylic acids is 1. The number of methoxy groups -OCH3 is 1. The minimum absolute atomic E-state index is 0.0699.